The van der Waals surface area contributed by atoms with Crippen molar-refractivity contribution >= 4 is 12.0 Å². The number of ether oxygens (including phenoxy) is 3. The number of nitrogens with one attached hydrogen (secondary N) is 2. The van der Waals surface area contributed by atoms with Crippen molar-refractivity contribution in [2.24, 2.45) is 11.1 Å². The second-order valence-corrected chi connectivity index (χ2v) is 8.68. The number of esters is 1. The number of hydrogen-bond acceptors (Lipinski definition) is 6. The molecule has 4 N–H and O–H groups in total. The second-order valence-electron chi connectivity index (χ2n) is 8.68. The first kappa shape index (κ1) is 26.0. The number of urea groups is 1. The van der Waals surface area contributed by atoms with Gasteiger partial charge in [0.1, 0.15) is 13.2 Å². The molecule has 0 aliphatic heterocycles. The lowest BCUT2D eigenvalue weighted by Gasteiger charge is -2.22. The summed E-state index contributed by atoms with van der Waals surface area (Å²) in [4.78, 5) is 24.8. The molecule has 0 bridgehead atoms. The fourth-order valence-corrected chi connectivity index (χ4v) is 2.97. The Kier molecular flexibility index (Phi) is 10.00. The Morgan fingerprint density at radius 3 is 2.39 bits per heavy atom. The lowest BCUT2D eigenvalue weighted by atomic mass is 9.97. The van der Waals surface area contributed by atoms with E-state index in [0.29, 0.717) is 37.6 Å². The zero-order valence-corrected chi connectivity index (χ0v) is 19.9. The van der Waals surface area contributed by atoms with Crippen LogP contribution >= 0.6 is 0 Å². The van der Waals surface area contributed by atoms with Crippen LogP contribution < -0.4 is 25.8 Å². The zero-order valence-electron chi connectivity index (χ0n) is 19.9. The number of hydrogen-bond donors (Lipinski definition) is 3. The van der Waals surface area contributed by atoms with Crippen LogP contribution in [0.15, 0.2) is 48.5 Å². The Bertz CT molecular complexity index is 897. The standard InChI is InChI=1S/C25H35N3O5/c1-25(2,3)23(29)33-17-20(14-18-8-6-5-7-9-18)28-24(30)27-16-19-10-11-21(32-13-12-26)22(15-19)31-4/h5-11,15,20H,12-14,16-17,26H2,1-4H3,(H2,27,28,30)/t20-/m0/s1. The van der Waals surface area contributed by atoms with E-state index in [1.807, 2.05) is 36.4 Å². The van der Waals surface area contributed by atoms with E-state index in [9.17, 15) is 9.59 Å². The Morgan fingerprint density at radius 1 is 1.03 bits per heavy atom. The summed E-state index contributed by atoms with van der Waals surface area (Å²) in [7, 11) is 1.56. The minimum atomic E-state index is -0.612. The lowest BCUT2D eigenvalue weighted by molar-refractivity contribution is -0.153. The van der Waals surface area contributed by atoms with E-state index in [0.717, 1.165) is 11.1 Å². The molecule has 0 aromatic heterocycles. The highest BCUT2D eigenvalue weighted by molar-refractivity contribution is 5.76. The fraction of sp³-hybridized carbons (Fsp3) is 0.440. The summed E-state index contributed by atoms with van der Waals surface area (Å²) >= 11 is 0. The average molecular weight is 458 g/mol. The summed E-state index contributed by atoms with van der Waals surface area (Å²) in [6.45, 7) is 6.55. The maximum absolute atomic E-state index is 12.6. The van der Waals surface area contributed by atoms with E-state index in [1.54, 1.807) is 40.0 Å². The van der Waals surface area contributed by atoms with Gasteiger partial charge in [-0.15, -0.1) is 0 Å². The largest absolute Gasteiger partial charge is 0.493 e. The summed E-state index contributed by atoms with van der Waals surface area (Å²) < 4.78 is 16.4. The van der Waals surface area contributed by atoms with Crippen molar-refractivity contribution in [1.82, 2.24) is 10.6 Å². The molecule has 2 rings (SSSR count). The third-order valence-electron chi connectivity index (χ3n) is 4.74. The van der Waals surface area contributed by atoms with Gasteiger partial charge < -0.3 is 30.6 Å². The monoisotopic (exact) mass is 457 g/mol. The van der Waals surface area contributed by atoms with Crippen LogP contribution in [-0.2, 0) is 22.5 Å². The number of carbonyl (C=O) groups excluding carboxylic acids is 2. The van der Waals surface area contributed by atoms with Crippen LogP contribution in [0.25, 0.3) is 0 Å². The lowest BCUT2D eigenvalue weighted by Crippen LogP contribution is -2.45. The van der Waals surface area contributed by atoms with Crippen molar-refractivity contribution in [3.05, 3.63) is 59.7 Å². The highest BCUT2D eigenvalue weighted by Gasteiger charge is 2.25. The molecule has 0 saturated heterocycles. The van der Waals surface area contributed by atoms with Crippen LogP contribution in [-0.4, -0.2) is 44.9 Å². The Hall–Kier alpha value is -3.26. The minimum absolute atomic E-state index is 0.0828. The van der Waals surface area contributed by atoms with Gasteiger partial charge in [0.2, 0.25) is 0 Å². The molecule has 0 fully saturated rings. The second kappa shape index (κ2) is 12.7. The summed E-state index contributed by atoms with van der Waals surface area (Å²) in [5, 5.41) is 5.75. The average Bonchev–Trinajstić information content (AvgIpc) is 2.79. The summed E-state index contributed by atoms with van der Waals surface area (Å²) in [6, 6.07) is 14.4. The van der Waals surface area contributed by atoms with Crippen molar-refractivity contribution in [1.29, 1.82) is 0 Å². The topological polar surface area (TPSA) is 112 Å². The van der Waals surface area contributed by atoms with Crippen molar-refractivity contribution in [3.8, 4) is 11.5 Å². The molecule has 2 amide bonds. The van der Waals surface area contributed by atoms with Crippen molar-refractivity contribution < 1.29 is 23.8 Å². The Balaban J connectivity index is 1.97. The van der Waals surface area contributed by atoms with Crippen LogP contribution in [0, 0.1) is 5.41 Å². The number of amides is 2. The molecule has 2 aromatic rings. The minimum Gasteiger partial charge on any atom is -0.493 e. The molecule has 180 valence electrons. The number of benzene rings is 2. The van der Waals surface area contributed by atoms with Gasteiger partial charge in [-0.05, 0) is 50.5 Å². The molecule has 0 heterocycles. The van der Waals surface area contributed by atoms with Gasteiger partial charge in [-0.25, -0.2) is 4.79 Å². The predicted molar refractivity (Wildman–Crippen MR) is 127 cm³/mol. The van der Waals surface area contributed by atoms with E-state index in [1.165, 1.54) is 0 Å². The van der Waals surface area contributed by atoms with Gasteiger partial charge in [-0.3, -0.25) is 4.79 Å². The molecule has 0 unspecified atom stereocenters. The third kappa shape index (κ3) is 9.02. The molecule has 0 spiro atoms. The molecule has 0 aliphatic carbocycles. The van der Waals surface area contributed by atoms with Crippen LogP contribution in [0.5, 0.6) is 11.5 Å². The Morgan fingerprint density at radius 2 is 1.76 bits per heavy atom. The van der Waals surface area contributed by atoms with Crippen LogP contribution in [0.4, 0.5) is 4.79 Å². The van der Waals surface area contributed by atoms with Gasteiger partial charge in [0, 0.05) is 13.1 Å². The van der Waals surface area contributed by atoms with E-state index in [4.69, 9.17) is 19.9 Å². The van der Waals surface area contributed by atoms with Crippen molar-refractivity contribution in [2.75, 3.05) is 26.9 Å². The quantitative estimate of drug-likeness (QED) is 0.447. The highest BCUT2D eigenvalue weighted by atomic mass is 16.5. The molecule has 8 nitrogen and oxygen atoms in total. The molecule has 2 aromatic carbocycles. The van der Waals surface area contributed by atoms with E-state index in [2.05, 4.69) is 10.6 Å². The molecule has 0 radical (unpaired) electrons. The van der Waals surface area contributed by atoms with Gasteiger partial charge in [0.05, 0.1) is 18.6 Å². The first-order valence-electron chi connectivity index (χ1n) is 11.0. The summed E-state index contributed by atoms with van der Waals surface area (Å²) in [5.74, 6) is 0.853. The zero-order chi connectivity index (χ0) is 24.3. The molecular formula is C25H35N3O5. The van der Waals surface area contributed by atoms with Gasteiger partial charge in [-0.1, -0.05) is 36.4 Å². The van der Waals surface area contributed by atoms with Crippen LogP contribution in [0.2, 0.25) is 0 Å². The van der Waals surface area contributed by atoms with Gasteiger partial charge in [-0.2, -0.15) is 0 Å². The Labute approximate surface area is 195 Å². The number of carbonyl (C=O) groups is 2. The molecule has 33 heavy (non-hydrogen) atoms. The summed E-state index contributed by atoms with van der Waals surface area (Å²) in [6.07, 6.45) is 0.534. The van der Waals surface area contributed by atoms with E-state index in [-0.39, 0.29) is 24.6 Å². The molecule has 0 saturated carbocycles. The van der Waals surface area contributed by atoms with Crippen LogP contribution in [0.3, 0.4) is 0 Å². The number of methoxy groups -OCH3 is 1. The maximum atomic E-state index is 12.6. The summed E-state index contributed by atoms with van der Waals surface area (Å²) in [5.41, 5.74) is 6.75. The number of nitrogens with two attached hydrogens (primary N) is 1. The maximum Gasteiger partial charge on any atom is 0.315 e. The van der Waals surface area contributed by atoms with Gasteiger partial charge in [0.15, 0.2) is 11.5 Å². The van der Waals surface area contributed by atoms with Crippen molar-refractivity contribution in [3.63, 3.8) is 0 Å². The molecule has 1 atom stereocenters. The predicted octanol–water partition coefficient (Wildman–Crippen LogP) is 3.03. The van der Waals surface area contributed by atoms with Gasteiger partial charge in [0.25, 0.3) is 0 Å². The first-order chi connectivity index (χ1) is 15.7. The van der Waals surface area contributed by atoms with E-state index < -0.39 is 5.41 Å². The van der Waals surface area contributed by atoms with E-state index >= 15 is 0 Å². The van der Waals surface area contributed by atoms with Crippen molar-refractivity contribution in [2.45, 2.75) is 39.8 Å². The molecule has 0 aliphatic rings. The normalized spacial score (nSPS) is 11.9. The molecular weight excluding hydrogens is 422 g/mol. The SMILES string of the molecule is COc1cc(CNC(=O)N[C@H](COC(=O)C(C)(C)C)Cc2ccccc2)ccc1OCCN. The molecule has 8 heteroatoms. The smallest absolute Gasteiger partial charge is 0.315 e. The fourth-order valence-electron chi connectivity index (χ4n) is 2.97. The van der Waals surface area contributed by atoms with Crippen LogP contribution in [0.1, 0.15) is 31.9 Å². The first-order valence-corrected chi connectivity index (χ1v) is 11.0. The number of rotatable bonds is 11. The highest BCUT2D eigenvalue weighted by Crippen LogP contribution is 2.28. The van der Waals surface area contributed by atoms with Gasteiger partial charge >= 0.3 is 12.0 Å². The third-order valence-corrected chi connectivity index (χ3v) is 4.74.